The predicted octanol–water partition coefficient (Wildman–Crippen LogP) is 2.18. The molecular weight excluding hydrogens is 280 g/mol. The molecule has 0 aliphatic carbocycles. The first-order chi connectivity index (χ1) is 10.4. The molecule has 22 heavy (non-hydrogen) atoms. The Morgan fingerprint density at radius 3 is 2.45 bits per heavy atom. The quantitative estimate of drug-likeness (QED) is 0.860. The zero-order valence-electron chi connectivity index (χ0n) is 13.0. The van der Waals surface area contributed by atoms with Crippen molar-refractivity contribution in [1.29, 1.82) is 0 Å². The minimum atomic E-state index is -0.940. The van der Waals surface area contributed by atoms with E-state index < -0.39 is 18.0 Å². The molecule has 2 rings (SSSR count). The van der Waals surface area contributed by atoms with E-state index in [4.69, 9.17) is 10.5 Å². The summed E-state index contributed by atoms with van der Waals surface area (Å²) in [4.78, 5) is 23.2. The Balaban J connectivity index is 2.23. The number of nitrogens with two attached hydrogens (primary N) is 1. The molecular formula is C17H20N2O3. The minimum absolute atomic E-state index is 0.460. The summed E-state index contributed by atoms with van der Waals surface area (Å²) in [5, 5.41) is 0. The number of carbonyl (C=O) groups is 2. The molecule has 0 aliphatic rings. The lowest BCUT2D eigenvalue weighted by molar-refractivity contribution is -0.125. The van der Waals surface area contributed by atoms with Crippen LogP contribution in [0, 0.1) is 13.8 Å². The number of amides is 1. The third kappa shape index (κ3) is 3.36. The maximum atomic E-state index is 12.2. The molecule has 1 atom stereocenters. The van der Waals surface area contributed by atoms with Crippen molar-refractivity contribution < 1.29 is 14.3 Å². The van der Waals surface area contributed by atoms with Crippen LogP contribution in [0.15, 0.2) is 36.4 Å². The van der Waals surface area contributed by atoms with Crippen molar-refractivity contribution >= 4 is 11.9 Å². The average Bonchev–Trinajstić information content (AvgIpc) is 2.76. The summed E-state index contributed by atoms with van der Waals surface area (Å²) in [6.45, 7) is 5.94. The Kier molecular flexibility index (Phi) is 4.65. The standard InChI is InChI=1S/C17H20N2O3/c1-11-9-15(17(21)22-13(3)16(18)20)12(2)19(11)10-14-7-5-4-6-8-14/h4-9,13H,10H2,1-3H3,(H2,18,20)/t13-/m1/s1. The lowest BCUT2D eigenvalue weighted by atomic mass is 10.2. The number of nitrogens with zero attached hydrogens (tertiary/aromatic N) is 1. The van der Waals surface area contributed by atoms with Crippen molar-refractivity contribution in [1.82, 2.24) is 4.57 Å². The SMILES string of the molecule is Cc1cc(C(=O)O[C@H](C)C(N)=O)c(C)n1Cc1ccccc1. The second-order valence-corrected chi connectivity index (χ2v) is 5.31. The van der Waals surface area contributed by atoms with E-state index in [1.807, 2.05) is 48.7 Å². The molecule has 5 nitrogen and oxygen atoms in total. The minimum Gasteiger partial charge on any atom is -0.449 e. The summed E-state index contributed by atoms with van der Waals surface area (Å²) in [6, 6.07) is 11.8. The normalized spacial score (nSPS) is 12.0. The van der Waals surface area contributed by atoms with Gasteiger partial charge in [-0.05, 0) is 32.4 Å². The number of esters is 1. The highest BCUT2D eigenvalue weighted by Gasteiger charge is 2.21. The first-order valence-electron chi connectivity index (χ1n) is 7.11. The Morgan fingerprint density at radius 2 is 1.86 bits per heavy atom. The van der Waals surface area contributed by atoms with Crippen molar-refractivity contribution in [3.8, 4) is 0 Å². The van der Waals surface area contributed by atoms with E-state index in [-0.39, 0.29) is 0 Å². The highest BCUT2D eigenvalue weighted by atomic mass is 16.5. The lowest BCUT2D eigenvalue weighted by Crippen LogP contribution is -2.30. The van der Waals surface area contributed by atoms with Crippen LogP contribution < -0.4 is 5.73 Å². The van der Waals surface area contributed by atoms with Crippen molar-refractivity contribution in [3.63, 3.8) is 0 Å². The summed E-state index contributed by atoms with van der Waals surface area (Å²) in [7, 11) is 0. The molecule has 2 N–H and O–H groups in total. The molecule has 0 radical (unpaired) electrons. The van der Waals surface area contributed by atoms with Gasteiger partial charge in [-0.15, -0.1) is 0 Å². The summed E-state index contributed by atoms with van der Waals surface area (Å²) in [5.41, 5.74) is 8.49. The predicted molar refractivity (Wildman–Crippen MR) is 83.5 cm³/mol. The largest absolute Gasteiger partial charge is 0.449 e. The first kappa shape index (κ1) is 15.8. The average molecular weight is 300 g/mol. The van der Waals surface area contributed by atoms with Gasteiger partial charge in [0, 0.05) is 17.9 Å². The molecule has 0 bridgehead atoms. The number of hydrogen-bond acceptors (Lipinski definition) is 3. The van der Waals surface area contributed by atoms with Crippen LogP contribution >= 0.6 is 0 Å². The zero-order chi connectivity index (χ0) is 16.3. The van der Waals surface area contributed by atoms with Crippen LogP contribution in [-0.2, 0) is 16.1 Å². The molecule has 0 aliphatic heterocycles. The van der Waals surface area contributed by atoms with Gasteiger partial charge >= 0.3 is 5.97 Å². The molecule has 1 aromatic heterocycles. The molecule has 0 spiro atoms. The third-order valence-corrected chi connectivity index (χ3v) is 3.66. The molecule has 2 aromatic rings. The number of rotatable bonds is 5. The molecule has 1 amide bonds. The molecule has 0 saturated heterocycles. The number of aromatic nitrogens is 1. The maximum absolute atomic E-state index is 12.2. The molecule has 116 valence electrons. The fraction of sp³-hybridized carbons (Fsp3) is 0.294. The molecule has 5 heteroatoms. The van der Waals surface area contributed by atoms with Gasteiger partial charge in [-0.3, -0.25) is 4.79 Å². The van der Waals surface area contributed by atoms with Crippen molar-refractivity contribution in [2.45, 2.75) is 33.4 Å². The van der Waals surface area contributed by atoms with Gasteiger partial charge in [0.2, 0.25) is 0 Å². The van der Waals surface area contributed by atoms with Gasteiger partial charge in [-0.1, -0.05) is 30.3 Å². The fourth-order valence-electron chi connectivity index (χ4n) is 2.30. The number of carbonyl (C=O) groups excluding carboxylic acids is 2. The van der Waals surface area contributed by atoms with Gasteiger partial charge in [-0.25, -0.2) is 4.79 Å². The first-order valence-corrected chi connectivity index (χ1v) is 7.11. The van der Waals surface area contributed by atoms with E-state index in [1.165, 1.54) is 6.92 Å². The van der Waals surface area contributed by atoms with Crippen LogP contribution in [0.1, 0.15) is 34.2 Å². The highest BCUT2D eigenvalue weighted by molar-refractivity contribution is 5.93. The Morgan fingerprint density at radius 1 is 1.23 bits per heavy atom. The van der Waals surface area contributed by atoms with E-state index in [2.05, 4.69) is 0 Å². The van der Waals surface area contributed by atoms with Gasteiger partial charge in [0.15, 0.2) is 6.10 Å². The molecule has 1 heterocycles. The highest BCUT2D eigenvalue weighted by Crippen LogP contribution is 2.18. The molecule has 0 unspecified atom stereocenters. The fourth-order valence-corrected chi connectivity index (χ4v) is 2.30. The monoisotopic (exact) mass is 300 g/mol. The summed E-state index contributed by atoms with van der Waals surface area (Å²) in [5.74, 6) is -1.19. The lowest BCUT2D eigenvalue weighted by Gasteiger charge is -2.11. The zero-order valence-corrected chi connectivity index (χ0v) is 13.0. The van der Waals surface area contributed by atoms with Crippen LogP contribution in [0.25, 0.3) is 0 Å². The van der Waals surface area contributed by atoms with Crippen LogP contribution in [0.2, 0.25) is 0 Å². The van der Waals surface area contributed by atoms with Crippen LogP contribution in [0.3, 0.4) is 0 Å². The summed E-state index contributed by atoms with van der Waals surface area (Å²) >= 11 is 0. The van der Waals surface area contributed by atoms with E-state index >= 15 is 0 Å². The Bertz CT molecular complexity index is 689. The van der Waals surface area contributed by atoms with Crippen molar-refractivity contribution in [2.75, 3.05) is 0 Å². The number of primary amides is 1. The second kappa shape index (κ2) is 6.47. The van der Waals surface area contributed by atoms with E-state index in [0.29, 0.717) is 12.1 Å². The topological polar surface area (TPSA) is 74.3 Å². The number of ether oxygens (including phenoxy) is 1. The van der Waals surface area contributed by atoms with Gasteiger partial charge in [-0.2, -0.15) is 0 Å². The van der Waals surface area contributed by atoms with Gasteiger partial charge in [0.1, 0.15) is 0 Å². The van der Waals surface area contributed by atoms with Crippen LogP contribution in [0.4, 0.5) is 0 Å². The Hall–Kier alpha value is -2.56. The maximum Gasteiger partial charge on any atom is 0.340 e. The molecule has 1 aromatic carbocycles. The van der Waals surface area contributed by atoms with Crippen LogP contribution in [0.5, 0.6) is 0 Å². The number of aryl methyl sites for hydroxylation is 1. The van der Waals surface area contributed by atoms with E-state index in [9.17, 15) is 9.59 Å². The third-order valence-electron chi connectivity index (χ3n) is 3.66. The van der Waals surface area contributed by atoms with Gasteiger partial charge < -0.3 is 15.0 Å². The summed E-state index contributed by atoms with van der Waals surface area (Å²) in [6.07, 6.45) is -0.940. The molecule has 0 fully saturated rings. The van der Waals surface area contributed by atoms with Crippen molar-refractivity contribution in [2.24, 2.45) is 5.73 Å². The summed E-state index contributed by atoms with van der Waals surface area (Å²) < 4.78 is 7.11. The smallest absolute Gasteiger partial charge is 0.340 e. The van der Waals surface area contributed by atoms with E-state index in [1.54, 1.807) is 6.07 Å². The molecule has 0 saturated carbocycles. The van der Waals surface area contributed by atoms with Crippen LogP contribution in [-0.4, -0.2) is 22.5 Å². The Labute approximate surface area is 129 Å². The second-order valence-electron chi connectivity index (χ2n) is 5.31. The van der Waals surface area contributed by atoms with Gasteiger partial charge in [0.25, 0.3) is 5.91 Å². The number of hydrogen-bond donors (Lipinski definition) is 1. The van der Waals surface area contributed by atoms with Crippen molar-refractivity contribution in [3.05, 3.63) is 58.9 Å². The number of benzene rings is 1. The van der Waals surface area contributed by atoms with E-state index in [0.717, 1.165) is 17.0 Å². The van der Waals surface area contributed by atoms with Gasteiger partial charge in [0.05, 0.1) is 5.56 Å².